The number of aromatic nitrogens is 3. The molecule has 4 bridgehead atoms. The summed E-state index contributed by atoms with van der Waals surface area (Å²) < 4.78 is 0. The first-order valence-corrected chi connectivity index (χ1v) is 7.85. The zero-order valence-electron chi connectivity index (χ0n) is 11.6. The fourth-order valence-corrected chi connectivity index (χ4v) is 5.52. The van der Waals surface area contributed by atoms with Crippen molar-refractivity contribution in [3.8, 4) is 0 Å². The molecule has 0 unspecified atom stereocenters. The van der Waals surface area contributed by atoms with Gasteiger partial charge in [0.05, 0.1) is 0 Å². The van der Waals surface area contributed by atoms with Gasteiger partial charge in [0.1, 0.15) is 5.82 Å². The highest BCUT2D eigenvalue weighted by atomic mass is 15.2. The molecule has 5 rings (SSSR count). The van der Waals surface area contributed by atoms with Gasteiger partial charge in [0.15, 0.2) is 5.82 Å². The van der Waals surface area contributed by atoms with Crippen LogP contribution in [0.2, 0.25) is 0 Å². The maximum atomic E-state index is 5.56. The smallest absolute Gasteiger partial charge is 0.151 e. The number of rotatable bonds is 4. The van der Waals surface area contributed by atoms with Crippen LogP contribution in [-0.4, -0.2) is 21.7 Å². The number of hydrogen-bond acceptors (Lipinski definition) is 3. The summed E-state index contributed by atoms with van der Waals surface area (Å²) in [5, 5.41) is 7.44. The molecule has 1 aromatic heterocycles. The molecule has 3 N–H and O–H groups in total. The van der Waals surface area contributed by atoms with Crippen LogP contribution in [0.25, 0.3) is 0 Å². The Balaban J connectivity index is 1.52. The lowest BCUT2D eigenvalue weighted by molar-refractivity contribution is -0.0531. The van der Waals surface area contributed by atoms with Crippen molar-refractivity contribution in [2.24, 2.45) is 28.9 Å². The molecule has 1 heterocycles. The van der Waals surface area contributed by atoms with Crippen molar-refractivity contribution in [3.63, 3.8) is 0 Å². The summed E-state index contributed by atoms with van der Waals surface area (Å²) in [7, 11) is 0. The highest BCUT2D eigenvalue weighted by molar-refractivity contribution is 5.06. The molecule has 0 saturated heterocycles. The monoisotopic (exact) mass is 260 g/mol. The topological polar surface area (TPSA) is 67.6 Å². The van der Waals surface area contributed by atoms with E-state index in [-0.39, 0.29) is 0 Å². The lowest BCUT2D eigenvalue weighted by Gasteiger charge is -2.56. The summed E-state index contributed by atoms with van der Waals surface area (Å²) >= 11 is 0. The minimum Gasteiger partial charge on any atom is -0.330 e. The quantitative estimate of drug-likeness (QED) is 0.870. The molecule has 0 aromatic carbocycles. The summed E-state index contributed by atoms with van der Waals surface area (Å²) in [5.74, 6) is 5.03. The van der Waals surface area contributed by atoms with Crippen molar-refractivity contribution in [1.82, 2.24) is 15.2 Å². The Morgan fingerprint density at radius 2 is 1.74 bits per heavy atom. The third-order valence-corrected chi connectivity index (χ3v) is 5.65. The van der Waals surface area contributed by atoms with Gasteiger partial charge in [0.25, 0.3) is 0 Å². The highest BCUT2D eigenvalue weighted by Gasteiger charge is 2.50. The molecule has 4 saturated carbocycles. The second-order valence-corrected chi connectivity index (χ2v) is 7.33. The van der Waals surface area contributed by atoms with Crippen molar-refractivity contribution in [1.29, 1.82) is 0 Å². The van der Waals surface area contributed by atoms with Crippen LogP contribution in [-0.2, 0) is 12.8 Å². The number of nitrogens with two attached hydrogens (primary N) is 1. The third-order valence-electron chi connectivity index (χ3n) is 5.65. The summed E-state index contributed by atoms with van der Waals surface area (Å²) in [6.07, 6.45) is 10.7. The van der Waals surface area contributed by atoms with Crippen molar-refractivity contribution < 1.29 is 0 Å². The van der Waals surface area contributed by atoms with E-state index in [1.165, 1.54) is 38.5 Å². The largest absolute Gasteiger partial charge is 0.330 e. The average Bonchev–Trinajstić information content (AvgIpc) is 2.74. The van der Waals surface area contributed by atoms with Crippen LogP contribution < -0.4 is 5.73 Å². The van der Waals surface area contributed by atoms with Gasteiger partial charge in [0, 0.05) is 12.8 Å². The average molecular weight is 260 g/mol. The van der Waals surface area contributed by atoms with E-state index >= 15 is 0 Å². The number of hydrogen-bond donors (Lipinski definition) is 2. The number of H-pyrrole nitrogens is 1. The van der Waals surface area contributed by atoms with Crippen molar-refractivity contribution >= 4 is 0 Å². The number of nitrogens with zero attached hydrogens (tertiary/aromatic N) is 2. The van der Waals surface area contributed by atoms with E-state index in [9.17, 15) is 0 Å². The van der Waals surface area contributed by atoms with Gasteiger partial charge < -0.3 is 5.73 Å². The van der Waals surface area contributed by atoms with Crippen LogP contribution in [0.15, 0.2) is 0 Å². The molecule has 4 aliphatic rings. The summed E-state index contributed by atoms with van der Waals surface area (Å²) in [5.41, 5.74) is 6.11. The van der Waals surface area contributed by atoms with Crippen LogP contribution in [0.1, 0.15) is 50.2 Å². The molecular formula is C15H24N4. The Labute approximate surface area is 114 Å². The molecule has 0 aliphatic heterocycles. The fraction of sp³-hybridized carbons (Fsp3) is 0.867. The summed E-state index contributed by atoms with van der Waals surface area (Å²) in [6.45, 7) is 0.634. The second-order valence-electron chi connectivity index (χ2n) is 7.33. The maximum Gasteiger partial charge on any atom is 0.151 e. The highest BCUT2D eigenvalue weighted by Crippen LogP contribution is 2.60. The van der Waals surface area contributed by atoms with E-state index in [0.717, 1.165) is 42.2 Å². The molecule has 4 heteroatoms. The molecule has 104 valence electrons. The molecule has 0 atom stereocenters. The Morgan fingerprint density at radius 3 is 2.32 bits per heavy atom. The number of aromatic amines is 1. The van der Waals surface area contributed by atoms with E-state index in [1.807, 2.05) is 0 Å². The summed E-state index contributed by atoms with van der Waals surface area (Å²) in [6, 6.07) is 0. The first-order chi connectivity index (χ1) is 9.25. The van der Waals surface area contributed by atoms with E-state index in [0.29, 0.717) is 12.0 Å². The molecule has 0 spiro atoms. The van der Waals surface area contributed by atoms with Gasteiger partial charge in [-0.05, 0) is 68.2 Å². The van der Waals surface area contributed by atoms with Gasteiger partial charge in [-0.2, -0.15) is 5.10 Å². The Morgan fingerprint density at radius 1 is 1.11 bits per heavy atom. The van der Waals surface area contributed by atoms with Crippen molar-refractivity contribution in [3.05, 3.63) is 11.6 Å². The first kappa shape index (κ1) is 11.9. The van der Waals surface area contributed by atoms with Gasteiger partial charge in [-0.1, -0.05) is 0 Å². The molecular weight excluding hydrogens is 236 g/mol. The second kappa shape index (κ2) is 4.30. The lowest BCUT2D eigenvalue weighted by atomic mass is 9.49. The Kier molecular flexibility index (Phi) is 2.69. The molecule has 0 radical (unpaired) electrons. The SMILES string of the molecule is NCCc1n[nH]c(CC23CC4CC(CC(C4)C2)C3)n1. The maximum absolute atomic E-state index is 5.56. The van der Waals surface area contributed by atoms with Gasteiger partial charge in [-0.3, -0.25) is 5.10 Å². The standard InChI is InChI=1S/C15H24N4/c16-2-1-13-17-14(19-18-13)9-15-6-10-3-11(7-15)5-12(4-10)8-15/h10-12H,1-9,16H2,(H,17,18,19). The minimum absolute atomic E-state index is 0.550. The van der Waals surface area contributed by atoms with E-state index < -0.39 is 0 Å². The van der Waals surface area contributed by atoms with E-state index in [4.69, 9.17) is 5.73 Å². The van der Waals surface area contributed by atoms with Crippen molar-refractivity contribution in [2.45, 2.75) is 51.4 Å². The predicted molar refractivity (Wildman–Crippen MR) is 73.5 cm³/mol. The zero-order valence-corrected chi connectivity index (χ0v) is 11.6. The predicted octanol–water partition coefficient (Wildman–Crippen LogP) is 2.06. The summed E-state index contributed by atoms with van der Waals surface area (Å²) in [4.78, 5) is 4.63. The van der Waals surface area contributed by atoms with Crippen LogP contribution >= 0.6 is 0 Å². The molecule has 4 fully saturated rings. The van der Waals surface area contributed by atoms with Gasteiger partial charge in [-0.15, -0.1) is 0 Å². The van der Waals surface area contributed by atoms with Crippen molar-refractivity contribution in [2.75, 3.05) is 6.54 Å². The Hall–Kier alpha value is -0.900. The first-order valence-electron chi connectivity index (χ1n) is 7.85. The van der Waals surface area contributed by atoms with E-state index in [2.05, 4.69) is 15.2 Å². The van der Waals surface area contributed by atoms with Crippen LogP contribution in [0.3, 0.4) is 0 Å². The normalized spacial score (nSPS) is 39.9. The zero-order chi connectivity index (χ0) is 12.9. The minimum atomic E-state index is 0.550. The third kappa shape index (κ3) is 2.10. The van der Waals surface area contributed by atoms with E-state index in [1.54, 1.807) is 0 Å². The van der Waals surface area contributed by atoms with Crippen LogP contribution in [0.5, 0.6) is 0 Å². The molecule has 4 nitrogen and oxygen atoms in total. The van der Waals surface area contributed by atoms with Crippen LogP contribution in [0.4, 0.5) is 0 Å². The molecule has 0 amide bonds. The Bertz CT molecular complexity index is 429. The molecule has 1 aromatic rings. The number of nitrogens with one attached hydrogen (secondary N) is 1. The van der Waals surface area contributed by atoms with Gasteiger partial charge in [0.2, 0.25) is 0 Å². The molecule has 19 heavy (non-hydrogen) atoms. The van der Waals surface area contributed by atoms with Crippen LogP contribution in [0, 0.1) is 23.2 Å². The van der Waals surface area contributed by atoms with Gasteiger partial charge >= 0.3 is 0 Å². The lowest BCUT2D eigenvalue weighted by Crippen LogP contribution is -2.47. The molecule has 4 aliphatic carbocycles. The fourth-order valence-electron chi connectivity index (χ4n) is 5.52. The van der Waals surface area contributed by atoms with Gasteiger partial charge in [-0.25, -0.2) is 4.98 Å².